The van der Waals surface area contributed by atoms with Gasteiger partial charge in [-0.1, -0.05) is 17.4 Å². The van der Waals surface area contributed by atoms with Crippen molar-refractivity contribution in [2.45, 2.75) is 13.5 Å². The van der Waals surface area contributed by atoms with Gasteiger partial charge in [-0.25, -0.2) is 4.79 Å². The fraction of sp³-hybridized carbons (Fsp3) is 0.217. The summed E-state index contributed by atoms with van der Waals surface area (Å²) in [4.78, 5) is 41.0. The molecule has 33 heavy (non-hydrogen) atoms. The third-order valence-corrected chi connectivity index (χ3v) is 5.77. The maximum absolute atomic E-state index is 12.6. The van der Waals surface area contributed by atoms with Gasteiger partial charge in [0, 0.05) is 6.08 Å². The zero-order chi connectivity index (χ0) is 23.4. The summed E-state index contributed by atoms with van der Waals surface area (Å²) in [6, 6.07) is 10.3. The standard InChI is InChI=1S/C23H20N2O7S/c1-3-30-22(28)15-6-7-16-19(11-15)33-23(25(16)12-21(27)29-2)24-20(26)9-5-14-4-8-17-18(10-14)32-13-31-17/h4-11H,3,12-13H2,1-2H3. The van der Waals surface area contributed by atoms with E-state index in [1.807, 2.05) is 0 Å². The van der Waals surface area contributed by atoms with Gasteiger partial charge in [-0.2, -0.15) is 4.99 Å². The molecule has 2 aromatic carbocycles. The summed E-state index contributed by atoms with van der Waals surface area (Å²) in [5.74, 6) is -0.190. The molecule has 0 bridgehead atoms. The second kappa shape index (κ2) is 9.70. The van der Waals surface area contributed by atoms with Crippen LogP contribution in [0.1, 0.15) is 22.8 Å². The van der Waals surface area contributed by atoms with E-state index in [0.717, 1.165) is 5.56 Å². The number of benzene rings is 2. The molecular weight excluding hydrogens is 448 g/mol. The van der Waals surface area contributed by atoms with Gasteiger partial charge < -0.3 is 23.5 Å². The van der Waals surface area contributed by atoms with Crippen molar-refractivity contribution in [1.82, 2.24) is 4.57 Å². The Bertz CT molecular complexity index is 1340. The lowest BCUT2D eigenvalue weighted by atomic mass is 10.2. The fourth-order valence-corrected chi connectivity index (χ4v) is 4.24. The SMILES string of the molecule is CCOC(=O)c1ccc2c(c1)sc(=NC(=O)C=Cc1ccc3c(c1)OCO3)n2CC(=O)OC. The molecule has 1 aromatic heterocycles. The van der Waals surface area contributed by atoms with Gasteiger partial charge in [-0.05, 0) is 48.9 Å². The Morgan fingerprint density at radius 1 is 1.15 bits per heavy atom. The lowest BCUT2D eigenvalue weighted by molar-refractivity contribution is -0.141. The van der Waals surface area contributed by atoms with Crippen molar-refractivity contribution in [3.05, 3.63) is 58.4 Å². The normalized spacial score (nSPS) is 13.0. The van der Waals surface area contributed by atoms with Gasteiger partial charge in [-0.15, -0.1) is 0 Å². The van der Waals surface area contributed by atoms with Crippen LogP contribution in [0.3, 0.4) is 0 Å². The summed E-state index contributed by atoms with van der Waals surface area (Å²) < 4.78 is 22.7. The molecule has 0 atom stereocenters. The molecule has 0 saturated carbocycles. The third kappa shape index (κ3) is 4.96. The van der Waals surface area contributed by atoms with E-state index in [9.17, 15) is 14.4 Å². The second-order valence-corrected chi connectivity index (χ2v) is 7.86. The maximum Gasteiger partial charge on any atom is 0.338 e. The summed E-state index contributed by atoms with van der Waals surface area (Å²) in [6.45, 7) is 2.02. The first-order valence-electron chi connectivity index (χ1n) is 10.0. The van der Waals surface area contributed by atoms with Crippen molar-refractivity contribution in [3.8, 4) is 11.5 Å². The van der Waals surface area contributed by atoms with Crippen LogP contribution in [0, 0.1) is 0 Å². The molecule has 0 N–H and O–H groups in total. The van der Waals surface area contributed by atoms with Gasteiger partial charge >= 0.3 is 11.9 Å². The van der Waals surface area contributed by atoms with E-state index >= 15 is 0 Å². The van der Waals surface area contributed by atoms with E-state index < -0.39 is 17.8 Å². The molecular formula is C23H20N2O7S. The third-order valence-electron chi connectivity index (χ3n) is 4.73. The van der Waals surface area contributed by atoms with Gasteiger partial charge in [0.25, 0.3) is 5.91 Å². The summed E-state index contributed by atoms with van der Waals surface area (Å²) in [6.07, 6.45) is 2.94. The van der Waals surface area contributed by atoms with Crippen molar-refractivity contribution in [2.24, 2.45) is 4.99 Å². The number of hydrogen-bond donors (Lipinski definition) is 0. The number of aromatic nitrogens is 1. The fourth-order valence-electron chi connectivity index (χ4n) is 3.16. The van der Waals surface area contributed by atoms with Crippen molar-refractivity contribution >= 4 is 45.5 Å². The summed E-state index contributed by atoms with van der Waals surface area (Å²) in [5.41, 5.74) is 1.77. The van der Waals surface area contributed by atoms with E-state index in [-0.39, 0.29) is 19.9 Å². The van der Waals surface area contributed by atoms with Crippen LogP contribution in [0.2, 0.25) is 0 Å². The van der Waals surface area contributed by atoms with Gasteiger partial charge in [0.1, 0.15) is 6.54 Å². The summed E-state index contributed by atoms with van der Waals surface area (Å²) in [7, 11) is 1.28. The molecule has 0 spiro atoms. The number of esters is 2. The minimum absolute atomic E-state index is 0.132. The van der Waals surface area contributed by atoms with E-state index in [4.69, 9.17) is 18.9 Å². The molecule has 1 amide bonds. The molecule has 0 aliphatic carbocycles. The average molecular weight is 468 g/mol. The van der Waals surface area contributed by atoms with Crippen LogP contribution in [0.5, 0.6) is 11.5 Å². The van der Waals surface area contributed by atoms with E-state index in [1.165, 1.54) is 24.5 Å². The number of fused-ring (bicyclic) bond motifs is 2. The molecule has 1 aliphatic heterocycles. The molecule has 10 heteroatoms. The number of carbonyl (C=O) groups excluding carboxylic acids is 3. The lowest BCUT2D eigenvalue weighted by Crippen LogP contribution is -2.22. The Morgan fingerprint density at radius 3 is 2.76 bits per heavy atom. The number of carbonyl (C=O) groups is 3. The number of methoxy groups -OCH3 is 1. The minimum Gasteiger partial charge on any atom is -0.468 e. The number of rotatable bonds is 6. The predicted octanol–water partition coefficient (Wildman–Crippen LogP) is 2.92. The van der Waals surface area contributed by atoms with Crippen molar-refractivity contribution in [1.29, 1.82) is 0 Å². The predicted molar refractivity (Wildman–Crippen MR) is 120 cm³/mol. The molecule has 170 valence electrons. The van der Waals surface area contributed by atoms with Gasteiger partial charge in [0.15, 0.2) is 16.3 Å². The van der Waals surface area contributed by atoms with Crippen LogP contribution < -0.4 is 14.3 Å². The largest absolute Gasteiger partial charge is 0.468 e. The quantitative estimate of drug-likeness (QED) is 0.405. The lowest BCUT2D eigenvalue weighted by Gasteiger charge is -2.04. The number of ether oxygens (including phenoxy) is 4. The first-order chi connectivity index (χ1) is 16.0. The summed E-state index contributed by atoms with van der Waals surface area (Å²) in [5, 5.41) is 0. The molecule has 4 rings (SSSR count). The highest BCUT2D eigenvalue weighted by Gasteiger charge is 2.15. The molecule has 0 unspecified atom stereocenters. The molecule has 9 nitrogen and oxygen atoms in total. The molecule has 3 aromatic rings. The van der Waals surface area contributed by atoms with Gasteiger partial charge in [0.2, 0.25) is 6.79 Å². The molecule has 0 saturated heterocycles. The molecule has 0 radical (unpaired) electrons. The molecule has 1 aliphatic rings. The first-order valence-corrected chi connectivity index (χ1v) is 10.8. The molecule has 2 heterocycles. The monoisotopic (exact) mass is 468 g/mol. The smallest absolute Gasteiger partial charge is 0.338 e. The van der Waals surface area contributed by atoms with E-state index in [2.05, 4.69) is 4.99 Å². The number of hydrogen-bond acceptors (Lipinski definition) is 8. The highest BCUT2D eigenvalue weighted by Crippen LogP contribution is 2.32. The highest BCUT2D eigenvalue weighted by molar-refractivity contribution is 7.16. The Balaban J connectivity index is 1.67. The van der Waals surface area contributed by atoms with E-state index in [0.29, 0.717) is 32.1 Å². The Kier molecular flexibility index (Phi) is 6.55. The zero-order valence-electron chi connectivity index (χ0n) is 17.9. The van der Waals surface area contributed by atoms with E-state index in [1.54, 1.807) is 54.0 Å². The van der Waals surface area contributed by atoms with Crippen LogP contribution >= 0.6 is 11.3 Å². The molecule has 0 fully saturated rings. The Morgan fingerprint density at radius 2 is 1.97 bits per heavy atom. The van der Waals surface area contributed by atoms with Gasteiger partial charge in [-0.3, -0.25) is 9.59 Å². The number of amides is 1. The van der Waals surface area contributed by atoms with Crippen molar-refractivity contribution in [3.63, 3.8) is 0 Å². The van der Waals surface area contributed by atoms with Crippen LogP contribution in [0.4, 0.5) is 0 Å². The van der Waals surface area contributed by atoms with Gasteiger partial charge in [0.05, 0.1) is 29.5 Å². The van der Waals surface area contributed by atoms with Crippen LogP contribution in [0.15, 0.2) is 47.5 Å². The highest BCUT2D eigenvalue weighted by atomic mass is 32.1. The summed E-state index contributed by atoms with van der Waals surface area (Å²) >= 11 is 1.18. The average Bonchev–Trinajstić information content (AvgIpc) is 3.41. The van der Waals surface area contributed by atoms with Crippen molar-refractivity contribution < 1.29 is 33.3 Å². The first kappa shape index (κ1) is 22.3. The van der Waals surface area contributed by atoms with Crippen LogP contribution in [-0.2, 0) is 25.6 Å². The maximum atomic E-state index is 12.6. The Labute approximate surface area is 192 Å². The Hall–Kier alpha value is -3.92. The second-order valence-electron chi connectivity index (χ2n) is 6.85. The minimum atomic E-state index is -0.511. The number of thiazole rings is 1. The topological polar surface area (TPSA) is 105 Å². The van der Waals surface area contributed by atoms with Crippen LogP contribution in [0.25, 0.3) is 16.3 Å². The number of nitrogens with zero attached hydrogens (tertiary/aromatic N) is 2. The van der Waals surface area contributed by atoms with Crippen molar-refractivity contribution in [2.75, 3.05) is 20.5 Å². The van der Waals surface area contributed by atoms with Crippen LogP contribution in [-0.4, -0.2) is 42.9 Å². The zero-order valence-corrected chi connectivity index (χ0v) is 18.7.